The monoisotopic (exact) mass is 373 g/mol. The van der Waals surface area contributed by atoms with Crippen molar-refractivity contribution in [1.29, 1.82) is 0 Å². The highest BCUT2D eigenvalue weighted by Gasteiger charge is 2.19. The molecule has 0 aromatic heterocycles. The summed E-state index contributed by atoms with van der Waals surface area (Å²) in [5, 5.41) is 11.7. The van der Waals surface area contributed by atoms with Gasteiger partial charge in [-0.25, -0.2) is 4.39 Å². The molecule has 2 aromatic carbocycles. The molecular formula is C20H20FNO5. The molecule has 1 atom stereocenters. The molecule has 0 saturated carbocycles. The number of carbonyl (C=O) groups is 3. The maximum absolute atomic E-state index is 13.1. The Hall–Kier alpha value is -3.22. The molecule has 0 fully saturated rings. The van der Waals surface area contributed by atoms with Gasteiger partial charge in [0.25, 0.3) is 0 Å². The third kappa shape index (κ3) is 5.64. The van der Waals surface area contributed by atoms with E-state index in [4.69, 9.17) is 9.84 Å². The fourth-order valence-electron chi connectivity index (χ4n) is 2.68. The number of carboxylic acid groups (broad SMARTS) is 1. The van der Waals surface area contributed by atoms with E-state index in [0.29, 0.717) is 22.4 Å². The van der Waals surface area contributed by atoms with E-state index in [1.54, 1.807) is 18.2 Å². The minimum Gasteiger partial charge on any atom is -0.496 e. The average Bonchev–Trinajstić information content (AvgIpc) is 2.61. The average molecular weight is 373 g/mol. The summed E-state index contributed by atoms with van der Waals surface area (Å²) in [6.45, 7) is 1.42. The topological polar surface area (TPSA) is 92.7 Å². The fraction of sp³-hybridized carbons (Fsp3) is 0.250. The van der Waals surface area contributed by atoms with Crippen LogP contribution in [0.25, 0.3) is 0 Å². The standard InChI is InChI=1S/C20H20FNO5/c1-12(23)14-5-8-18(27-2)15(9-14)10-19(24)22-17(11-20(25)26)13-3-6-16(21)7-4-13/h3-9,17H,10-11H2,1-2H3,(H,22,24)(H,25,26). The lowest BCUT2D eigenvalue weighted by Gasteiger charge is -2.18. The van der Waals surface area contributed by atoms with Crippen molar-refractivity contribution < 1.29 is 28.6 Å². The molecule has 2 N–H and O–H groups in total. The number of methoxy groups -OCH3 is 1. The summed E-state index contributed by atoms with van der Waals surface area (Å²) in [6, 6.07) is 9.25. The highest BCUT2D eigenvalue weighted by Crippen LogP contribution is 2.22. The number of rotatable bonds is 8. The maximum atomic E-state index is 13.1. The minimum absolute atomic E-state index is 0.0956. The Bertz CT molecular complexity index is 848. The van der Waals surface area contributed by atoms with Crippen molar-refractivity contribution in [3.63, 3.8) is 0 Å². The van der Waals surface area contributed by atoms with Crippen LogP contribution in [0.5, 0.6) is 5.75 Å². The summed E-state index contributed by atoms with van der Waals surface area (Å²) < 4.78 is 18.3. The molecule has 0 aliphatic carbocycles. The first-order chi connectivity index (χ1) is 12.8. The lowest BCUT2D eigenvalue weighted by Crippen LogP contribution is -2.31. The van der Waals surface area contributed by atoms with Gasteiger partial charge in [-0.3, -0.25) is 14.4 Å². The molecule has 0 heterocycles. The molecule has 6 nitrogen and oxygen atoms in total. The van der Waals surface area contributed by atoms with Gasteiger partial charge in [-0.05, 0) is 42.8 Å². The first kappa shape index (κ1) is 20.1. The van der Waals surface area contributed by atoms with Gasteiger partial charge in [-0.1, -0.05) is 12.1 Å². The zero-order valence-electron chi connectivity index (χ0n) is 15.0. The zero-order chi connectivity index (χ0) is 20.0. The number of aliphatic carboxylic acids is 1. The van der Waals surface area contributed by atoms with Gasteiger partial charge < -0.3 is 15.2 Å². The second kappa shape index (κ2) is 8.93. The minimum atomic E-state index is -1.10. The predicted octanol–water partition coefficient (Wildman–Crippen LogP) is 2.91. The van der Waals surface area contributed by atoms with Gasteiger partial charge in [0.2, 0.25) is 5.91 Å². The van der Waals surface area contributed by atoms with E-state index in [-0.39, 0.29) is 18.6 Å². The van der Waals surface area contributed by atoms with E-state index in [1.165, 1.54) is 38.3 Å². The second-order valence-electron chi connectivity index (χ2n) is 6.03. The Kier molecular flexibility index (Phi) is 6.65. The van der Waals surface area contributed by atoms with Crippen molar-refractivity contribution >= 4 is 17.7 Å². The summed E-state index contributed by atoms with van der Waals surface area (Å²) in [6.07, 6.45) is -0.441. The van der Waals surface area contributed by atoms with Gasteiger partial charge in [0, 0.05) is 11.1 Å². The molecule has 27 heavy (non-hydrogen) atoms. The molecule has 1 amide bonds. The molecule has 0 radical (unpaired) electrons. The highest BCUT2D eigenvalue weighted by atomic mass is 19.1. The van der Waals surface area contributed by atoms with Gasteiger partial charge in [-0.2, -0.15) is 0 Å². The first-order valence-electron chi connectivity index (χ1n) is 8.24. The highest BCUT2D eigenvalue weighted by molar-refractivity contribution is 5.94. The van der Waals surface area contributed by atoms with E-state index < -0.39 is 23.7 Å². The van der Waals surface area contributed by atoms with Crippen LogP contribution in [0.1, 0.15) is 40.9 Å². The summed E-state index contributed by atoms with van der Waals surface area (Å²) in [5.74, 6) is -1.68. The number of carboxylic acids is 1. The molecule has 0 bridgehead atoms. The summed E-state index contributed by atoms with van der Waals surface area (Å²) in [7, 11) is 1.45. The normalized spacial score (nSPS) is 11.5. The van der Waals surface area contributed by atoms with Crippen LogP contribution in [0.2, 0.25) is 0 Å². The Labute approximate surface area is 156 Å². The molecule has 142 valence electrons. The van der Waals surface area contributed by atoms with Crippen LogP contribution in [-0.4, -0.2) is 29.9 Å². The van der Waals surface area contributed by atoms with Crippen molar-refractivity contribution in [3.05, 3.63) is 65.0 Å². The lowest BCUT2D eigenvalue weighted by atomic mass is 10.0. The molecule has 2 rings (SSSR count). The number of ketones is 1. The van der Waals surface area contributed by atoms with Crippen LogP contribution in [0.4, 0.5) is 4.39 Å². The Morgan fingerprint density at radius 2 is 1.81 bits per heavy atom. The number of benzene rings is 2. The van der Waals surface area contributed by atoms with Gasteiger partial charge >= 0.3 is 5.97 Å². The van der Waals surface area contributed by atoms with Gasteiger partial charge in [0.05, 0.1) is 26.0 Å². The number of nitrogens with one attached hydrogen (secondary N) is 1. The fourth-order valence-corrected chi connectivity index (χ4v) is 2.68. The summed E-state index contributed by atoms with van der Waals surface area (Å²) >= 11 is 0. The quantitative estimate of drug-likeness (QED) is 0.694. The number of ether oxygens (including phenoxy) is 1. The van der Waals surface area contributed by atoms with Crippen LogP contribution in [-0.2, 0) is 16.0 Å². The molecule has 7 heteroatoms. The van der Waals surface area contributed by atoms with Gasteiger partial charge in [-0.15, -0.1) is 0 Å². The smallest absolute Gasteiger partial charge is 0.305 e. The molecule has 1 unspecified atom stereocenters. The van der Waals surface area contributed by atoms with E-state index >= 15 is 0 Å². The van der Waals surface area contributed by atoms with E-state index in [2.05, 4.69) is 5.32 Å². The van der Waals surface area contributed by atoms with Crippen LogP contribution < -0.4 is 10.1 Å². The number of hydrogen-bond acceptors (Lipinski definition) is 4. The Morgan fingerprint density at radius 1 is 1.15 bits per heavy atom. The van der Waals surface area contributed by atoms with Crippen molar-refractivity contribution in [2.75, 3.05) is 7.11 Å². The third-order valence-corrected chi connectivity index (χ3v) is 4.02. The van der Waals surface area contributed by atoms with E-state index in [9.17, 15) is 18.8 Å². The predicted molar refractivity (Wildman–Crippen MR) is 96.2 cm³/mol. The van der Waals surface area contributed by atoms with Gasteiger partial charge in [0.1, 0.15) is 11.6 Å². The van der Waals surface area contributed by atoms with Crippen LogP contribution in [0.3, 0.4) is 0 Å². The molecule has 0 aliphatic rings. The maximum Gasteiger partial charge on any atom is 0.305 e. The molecule has 2 aromatic rings. The van der Waals surface area contributed by atoms with E-state index in [0.717, 1.165) is 0 Å². The molecule has 0 aliphatic heterocycles. The Balaban J connectivity index is 2.20. The van der Waals surface area contributed by atoms with Crippen LogP contribution >= 0.6 is 0 Å². The van der Waals surface area contributed by atoms with Crippen molar-refractivity contribution in [3.8, 4) is 5.75 Å². The zero-order valence-corrected chi connectivity index (χ0v) is 15.0. The first-order valence-corrected chi connectivity index (χ1v) is 8.24. The number of hydrogen-bond donors (Lipinski definition) is 2. The summed E-state index contributed by atoms with van der Waals surface area (Å²) in [5.41, 5.74) is 1.44. The van der Waals surface area contributed by atoms with Crippen molar-refractivity contribution in [1.82, 2.24) is 5.32 Å². The summed E-state index contributed by atoms with van der Waals surface area (Å²) in [4.78, 5) is 35.2. The SMILES string of the molecule is COc1ccc(C(C)=O)cc1CC(=O)NC(CC(=O)O)c1ccc(F)cc1. The molecule has 0 spiro atoms. The van der Waals surface area contributed by atoms with Crippen molar-refractivity contribution in [2.45, 2.75) is 25.8 Å². The van der Waals surface area contributed by atoms with Crippen LogP contribution in [0, 0.1) is 5.82 Å². The number of carbonyl (C=O) groups excluding carboxylic acids is 2. The van der Waals surface area contributed by atoms with E-state index in [1.807, 2.05) is 0 Å². The second-order valence-corrected chi connectivity index (χ2v) is 6.03. The van der Waals surface area contributed by atoms with Gasteiger partial charge in [0.15, 0.2) is 5.78 Å². The van der Waals surface area contributed by atoms with Crippen molar-refractivity contribution in [2.24, 2.45) is 0 Å². The lowest BCUT2D eigenvalue weighted by molar-refractivity contribution is -0.137. The number of halogens is 1. The Morgan fingerprint density at radius 3 is 2.37 bits per heavy atom. The van der Waals surface area contributed by atoms with Crippen LogP contribution in [0.15, 0.2) is 42.5 Å². The number of amides is 1. The largest absolute Gasteiger partial charge is 0.496 e. The number of Topliss-reactive ketones (excluding diaryl/α,β-unsaturated/α-hetero) is 1. The third-order valence-electron chi connectivity index (χ3n) is 4.02. The molecular weight excluding hydrogens is 353 g/mol. The molecule has 0 saturated heterocycles.